The molecule has 0 saturated carbocycles. The lowest BCUT2D eigenvalue weighted by atomic mass is 10.1. The summed E-state index contributed by atoms with van der Waals surface area (Å²) in [6, 6.07) is 6.58. The molecule has 0 unspecified atom stereocenters. The number of rotatable bonds is 4. The number of hydrogen-bond donors (Lipinski definition) is 2. The number of β-amino-alcohol motifs (C(OH)–C–C–N with tert-alkyl or cyclic N) is 1. The molecule has 0 amide bonds. The first-order valence-electron chi connectivity index (χ1n) is 5.94. The summed E-state index contributed by atoms with van der Waals surface area (Å²) in [7, 11) is -3.42. The summed E-state index contributed by atoms with van der Waals surface area (Å²) < 4.78 is 26.3. The summed E-state index contributed by atoms with van der Waals surface area (Å²) in [5.41, 5.74) is 0.934. The van der Waals surface area contributed by atoms with Crippen molar-refractivity contribution in [3.63, 3.8) is 0 Å². The zero-order valence-corrected chi connectivity index (χ0v) is 11.3. The lowest BCUT2D eigenvalue weighted by Gasteiger charge is -2.37. The Hall–Kier alpha value is -1.11. The Morgan fingerprint density at radius 1 is 1.28 bits per heavy atom. The van der Waals surface area contributed by atoms with E-state index in [1.807, 2.05) is 4.90 Å². The zero-order valence-electron chi connectivity index (χ0n) is 10.5. The molecule has 6 heteroatoms. The summed E-state index contributed by atoms with van der Waals surface area (Å²) in [6.45, 7) is 4.79. The Kier molecular flexibility index (Phi) is 3.61. The normalized spacial score (nSPS) is 17.0. The first-order chi connectivity index (χ1) is 8.38. The van der Waals surface area contributed by atoms with Crippen molar-refractivity contribution in [1.82, 2.24) is 4.72 Å². The molecule has 1 saturated heterocycles. The highest BCUT2D eigenvalue weighted by atomic mass is 32.2. The number of aliphatic hydroxyl groups excluding tert-OH is 1. The lowest BCUT2D eigenvalue weighted by Crippen LogP contribution is -2.50. The van der Waals surface area contributed by atoms with Gasteiger partial charge in [0.2, 0.25) is 10.0 Å². The fourth-order valence-electron chi connectivity index (χ4n) is 1.88. The van der Waals surface area contributed by atoms with E-state index in [4.69, 9.17) is 0 Å². The summed E-state index contributed by atoms with van der Waals surface area (Å²) >= 11 is 0. The van der Waals surface area contributed by atoms with E-state index in [-0.39, 0.29) is 17.0 Å². The Balaban J connectivity index is 2.12. The van der Waals surface area contributed by atoms with Crippen molar-refractivity contribution in [3.8, 4) is 0 Å². The van der Waals surface area contributed by atoms with Gasteiger partial charge in [0.1, 0.15) is 0 Å². The van der Waals surface area contributed by atoms with E-state index < -0.39 is 10.0 Å². The van der Waals surface area contributed by atoms with Crippen LogP contribution < -0.4 is 9.62 Å². The van der Waals surface area contributed by atoms with Crippen molar-refractivity contribution in [2.45, 2.75) is 30.9 Å². The van der Waals surface area contributed by atoms with Gasteiger partial charge in [-0.05, 0) is 38.1 Å². The van der Waals surface area contributed by atoms with Gasteiger partial charge in [0, 0.05) is 24.8 Å². The van der Waals surface area contributed by atoms with Gasteiger partial charge in [0.05, 0.1) is 11.0 Å². The molecule has 1 aliphatic rings. The molecule has 1 aliphatic heterocycles. The van der Waals surface area contributed by atoms with Crippen LogP contribution in [-0.4, -0.2) is 38.8 Å². The summed E-state index contributed by atoms with van der Waals surface area (Å²) in [5.74, 6) is 0. The fraction of sp³-hybridized carbons (Fsp3) is 0.500. The second-order valence-corrected chi connectivity index (χ2v) is 6.54. The van der Waals surface area contributed by atoms with Gasteiger partial charge in [-0.3, -0.25) is 0 Å². The number of nitrogens with zero attached hydrogens (tertiary/aromatic N) is 1. The highest BCUT2D eigenvalue weighted by molar-refractivity contribution is 7.89. The van der Waals surface area contributed by atoms with E-state index in [2.05, 4.69) is 4.72 Å². The maximum atomic E-state index is 11.9. The predicted molar refractivity (Wildman–Crippen MR) is 70.1 cm³/mol. The summed E-state index contributed by atoms with van der Waals surface area (Å²) in [6.07, 6.45) is -0.268. The van der Waals surface area contributed by atoms with Gasteiger partial charge in [-0.25, -0.2) is 13.1 Å². The molecule has 0 atom stereocenters. The van der Waals surface area contributed by atoms with Gasteiger partial charge in [-0.2, -0.15) is 0 Å². The second-order valence-electron chi connectivity index (χ2n) is 4.83. The van der Waals surface area contributed by atoms with Crippen LogP contribution in [0.2, 0.25) is 0 Å². The molecular formula is C12H18N2O3S. The Morgan fingerprint density at radius 2 is 1.83 bits per heavy atom. The minimum atomic E-state index is -3.42. The number of nitrogens with one attached hydrogen (secondary N) is 1. The average Bonchev–Trinajstić information content (AvgIpc) is 2.23. The molecule has 2 rings (SSSR count). The van der Waals surface area contributed by atoms with Crippen LogP contribution in [-0.2, 0) is 10.0 Å². The van der Waals surface area contributed by atoms with Gasteiger partial charge < -0.3 is 10.0 Å². The Labute approximate surface area is 107 Å². The van der Waals surface area contributed by atoms with E-state index in [0.29, 0.717) is 13.1 Å². The molecule has 18 heavy (non-hydrogen) atoms. The number of aliphatic hydroxyl groups is 1. The van der Waals surface area contributed by atoms with Crippen LogP contribution in [0.25, 0.3) is 0 Å². The first kappa shape index (κ1) is 13.3. The topological polar surface area (TPSA) is 69.6 Å². The van der Waals surface area contributed by atoms with Crippen molar-refractivity contribution in [2.75, 3.05) is 18.0 Å². The Morgan fingerprint density at radius 3 is 2.28 bits per heavy atom. The number of benzene rings is 1. The zero-order chi connectivity index (χ0) is 13.3. The number of sulfonamides is 1. The van der Waals surface area contributed by atoms with Crippen LogP contribution in [0.1, 0.15) is 13.8 Å². The van der Waals surface area contributed by atoms with E-state index in [1.165, 1.54) is 0 Å². The molecule has 0 radical (unpaired) electrons. The lowest BCUT2D eigenvalue weighted by molar-refractivity contribution is 0.142. The van der Waals surface area contributed by atoms with E-state index in [9.17, 15) is 13.5 Å². The largest absolute Gasteiger partial charge is 0.389 e. The van der Waals surface area contributed by atoms with Gasteiger partial charge in [0.25, 0.3) is 0 Å². The number of anilines is 1. The third-order valence-corrected chi connectivity index (χ3v) is 4.44. The molecule has 1 fully saturated rings. The minimum absolute atomic E-state index is 0.125. The quantitative estimate of drug-likeness (QED) is 0.838. The predicted octanol–water partition coefficient (Wildman–Crippen LogP) is 0.554. The van der Waals surface area contributed by atoms with E-state index in [0.717, 1.165) is 5.69 Å². The highest BCUT2D eigenvalue weighted by Gasteiger charge is 2.24. The smallest absolute Gasteiger partial charge is 0.240 e. The van der Waals surface area contributed by atoms with Crippen LogP contribution >= 0.6 is 0 Å². The molecule has 0 aromatic heterocycles. The molecule has 0 bridgehead atoms. The molecule has 1 aromatic rings. The van der Waals surface area contributed by atoms with Crippen LogP contribution in [0.3, 0.4) is 0 Å². The maximum absolute atomic E-state index is 11.9. The molecule has 0 spiro atoms. The van der Waals surface area contributed by atoms with Crippen molar-refractivity contribution in [3.05, 3.63) is 24.3 Å². The van der Waals surface area contributed by atoms with Crippen LogP contribution in [0.15, 0.2) is 29.2 Å². The third-order valence-electron chi connectivity index (χ3n) is 2.77. The second kappa shape index (κ2) is 4.87. The molecule has 1 aromatic carbocycles. The molecular weight excluding hydrogens is 252 g/mol. The van der Waals surface area contributed by atoms with Gasteiger partial charge >= 0.3 is 0 Å². The van der Waals surface area contributed by atoms with Crippen molar-refractivity contribution in [1.29, 1.82) is 0 Å². The maximum Gasteiger partial charge on any atom is 0.240 e. The van der Waals surface area contributed by atoms with Crippen molar-refractivity contribution < 1.29 is 13.5 Å². The monoisotopic (exact) mass is 270 g/mol. The number of hydrogen-bond acceptors (Lipinski definition) is 4. The van der Waals surface area contributed by atoms with Crippen molar-refractivity contribution >= 4 is 15.7 Å². The molecule has 1 heterocycles. The molecule has 2 N–H and O–H groups in total. The standard InChI is InChI=1S/C12H18N2O3S/c1-9(2)13-18(16,17)12-5-3-10(4-6-12)14-7-11(15)8-14/h3-6,9,11,13,15H,7-8H2,1-2H3. The van der Waals surface area contributed by atoms with Gasteiger partial charge in [-0.15, -0.1) is 0 Å². The minimum Gasteiger partial charge on any atom is -0.389 e. The summed E-state index contributed by atoms with van der Waals surface area (Å²) in [5, 5.41) is 9.22. The molecule has 0 aliphatic carbocycles. The van der Waals surface area contributed by atoms with E-state index in [1.54, 1.807) is 38.1 Å². The van der Waals surface area contributed by atoms with E-state index >= 15 is 0 Å². The van der Waals surface area contributed by atoms with Crippen LogP contribution in [0.4, 0.5) is 5.69 Å². The van der Waals surface area contributed by atoms with Crippen LogP contribution in [0, 0.1) is 0 Å². The van der Waals surface area contributed by atoms with Crippen molar-refractivity contribution in [2.24, 2.45) is 0 Å². The SMILES string of the molecule is CC(C)NS(=O)(=O)c1ccc(N2CC(O)C2)cc1. The molecule has 5 nitrogen and oxygen atoms in total. The Bertz CT molecular complexity index is 505. The third kappa shape index (κ3) is 2.82. The molecule has 100 valence electrons. The van der Waals surface area contributed by atoms with Crippen LogP contribution in [0.5, 0.6) is 0 Å². The fourth-order valence-corrected chi connectivity index (χ4v) is 3.13. The van der Waals surface area contributed by atoms with Gasteiger partial charge in [0.15, 0.2) is 0 Å². The average molecular weight is 270 g/mol. The first-order valence-corrected chi connectivity index (χ1v) is 7.42. The van der Waals surface area contributed by atoms with Gasteiger partial charge in [-0.1, -0.05) is 0 Å². The summed E-state index contributed by atoms with van der Waals surface area (Å²) in [4.78, 5) is 2.26. The highest BCUT2D eigenvalue weighted by Crippen LogP contribution is 2.22.